The number of benzene rings is 1. The first kappa shape index (κ1) is 13.7. The molecule has 0 N–H and O–H groups in total. The molecule has 0 amide bonds. The zero-order valence-corrected chi connectivity index (χ0v) is 12.2. The average Bonchev–Trinajstić information content (AvgIpc) is 2.95. The summed E-state index contributed by atoms with van der Waals surface area (Å²) in [5.41, 5.74) is 1.10. The van der Waals surface area contributed by atoms with E-state index in [-0.39, 0.29) is 0 Å². The lowest BCUT2D eigenvalue weighted by atomic mass is 10.1. The number of ether oxygens (including phenoxy) is 1. The maximum Gasteiger partial charge on any atom is 0.139 e. The van der Waals surface area contributed by atoms with Gasteiger partial charge in [0.1, 0.15) is 5.82 Å². The number of nitrogens with zero attached hydrogens (tertiary/aromatic N) is 2. The predicted molar refractivity (Wildman–Crippen MR) is 80.9 cm³/mol. The van der Waals surface area contributed by atoms with Crippen LogP contribution < -0.4 is 0 Å². The molecule has 2 aromatic rings. The van der Waals surface area contributed by atoms with Gasteiger partial charge in [-0.1, -0.05) is 11.6 Å². The lowest BCUT2D eigenvalue weighted by molar-refractivity contribution is 0.00887. The van der Waals surface area contributed by atoms with Crippen LogP contribution in [-0.2, 0) is 11.3 Å². The quantitative estimate of drug-likeness (QED) is 0.845. The molecule has 3 nitrogen and oxygen atoms in total. The summed E-state index contributed by atoms with van der Waals surface area (Å²) in [6, 6.07) is 7.83. The Morgan fingerprint density at radius 2 is 2.10 bits per heavy atom. The topological polar surface area (TPSA) is 27.1 Å². The third-order valence-electron chi connectivity index (χ3n) is 3.78. The largest absolute Gasteiger partial charge is 0.378 e. The molecule has 1 aliphatic heterocycles. The summed E-state index contributed by atoms with van der Waals surface area (Å²) in [7, 11) is 0. The van der Waals surface area contributed by atoms with Crippen LogP contribution in [-0.4, -0.2) is 22.3 Å². The van der Waals surface area contributed by atoms with Crippen LogP contribution in [0.25, 0.3) is 11.4 Å². The molecule has 0 saturated carbocycles. The first-order chi connectivity index (χ1) is 9.83. The highest BCUT2D eigenvalue weighted by molar-refractivity contribution is 6.30. The van der Waals surface area contributed by atoms with Gasteiger partial charge in [-0.2, -0.15) is 0 Å². The van der Waals surface area contributed by atoms with Crippen LogP contribution in [0.5, 0.6) is 0 Å². The van der Waals surface area contributed by atoms with E-state index in [1.54, 1.807) is 0 Å². The van der Waals surface area contributed by atoms with Gasteiger partial charge in [-0.3, -0.25) is 0 Å². The van der Waals surface area contributed by atoms with Crippen molar-refractivity contribution in [2.24, 2.45) is 0 Å². The highest BCUT2D eigenvalue weighted by atomic mass is 35.5. The Morgan fingerprint density at radius 3 is 2.85 bits per heavy atom. The van der Waals surface area contributed by atoms with Gasteiger partial charge in [0.15, 0.2) is 0 Å². The fraction of sp³-hybridized carbons (Fsp3) is 0.438. The molecule has 1 unspecified atom stereocenters. The Balaban J connectivity index is 1.68. The maximum absolute atomic E-state index is 5.93. The van der Waals surface area contributed by atoms with E-state index in [1.165, 1.54) is 19.3 Å². The number of hydrogen-bond acceptors (Lipinski definition) is 2. The number of hydrogen-bond donors (Lipinski definition) is 0. The zero-order chi connectivity index (χ0) is 13.8. The number of aryl methyl sites for hydroxylation is 1. The molecule has 1 saturated heterocycles. The van der Waals surface area contributed by atoms with Gasteiger partial charge >= 0.3 is 0 Å². The standard InChI is InChI=1S/C16H19ClN2O/c17-14-6-4-13(5-7-14)16-18-9-11-19(16)10-8-15-3-1-2-12-20-15/h4-7,9,11,15H,1-3,8,10,12H2. The Hall–Kier alpha value is -1.32. The molecular formula is C16H19ClN2O. The molecule has 1 atom stereocenters. The van der Waals surface area contributed by atoms with Crippen LogP contribution in [0.3, 0.4) is 0 Å². The molecule has 20 heavy (non-hydrogen) atoms. The van der Waals surface area contributed by atoms with E-state index in [9.17, 15) is 0 Å². The summed E-state index contributed by atoms with van der Waals surface area (Å²) < 4.78 is 7.98. The van der Waals surface area contributed by atoms with Crippen molar-refractivity contribution in [1.29, 1.82) is 0 Å². The summed E-state index contributed by atoms with van der Waals surface area (Å²) in [5, 5.41) is 0.752. The van der Waals surface area contributed by atoms with Crippen molar-refractivity contribution in [2.45, 2.75) is 38.3 Å². The van der Waals surface area contributed by atoms with Crippen molar-refractivity contribution in [3.8, 4) is 11.4 Å². The highest BCUT2D eigenvalue weighted by Crippen LogP contribution is 2.22. The minimum atomic E-state index is 0.407. The van der Waals surface area contributed by atoms with E-state index >= 15 is 0 Å². The predicted octanol–water partition coefficient (Wildman–Crippen LogP) is 4.16. The second-order valence-electron chi connectivity index (χ2n) is 5.23. The lowest BCUT2D eigenvalue weighted by Crippen LogP contribution is -2.20. The van der Waals surface area contributed by atoms with Crippen molar-refractivity contribution in [3.05, 3.63) is 41.7 Å². The van der Waals surface area contributed by atoms with Gasteiger partial charge < -0.3 is 9.30 Å². The van der Waals surface area contributed by atoms with Gasteiger partial charge in [0.25, 0.3) is 0 Å². The van der Waals surface area contributed by atoms with Crippen molar-refractivity contribution in [2.75, 3.05) is 6.61 Å². The number of halogens is 1. The summed E-state index contributed by atoms with van der Waals surface area (Å²) in [5.74, 6) is 0.998. The molecule has 1 aliphatic rings. The molecule has 0 bridgehead atoms. The van der Waals surface area contributed by atoms with E-state index in [0.29, 0.717) is 6.10 Å². The van der Waals surface area contributed by atoms with Gasteiger partial charge in [0.05, 0.1) is 6.10 Å². The van der Waals surface area contributed by atoms with E-state index in [1.807, 2.05) is 36.7 Å². The van der Waals surface area contributed by atoms with Crippen molar-refractivity contribution in [3.63, 3.8) is 0 Å². The van der Waals surface area contributed by atoms with Crippen molar-refractivity contribution >= 4 is 11.6 Å². The lowest BCUT2D eigenvalue weighted by Gasteiger charge is -2.22. The van der Waals surface area contributed by atoms with Crippen LogP contribution in [0.4, 0.5) is 0 Å². The number of rotatable bonds is 4. The van der Waals surface area contributed by atoms with Gasteiger partial charge in [-0.15, -0.1) is 0 Å². The molecule has 1 fully saturated rings. The molecule has 1 aromatic heterocycles. The number of aromatic nitrogens is 2. The summed E-state index contributed by atoms with van der Waals surface area (Å²) >= 11 is 5.93. The minimum Gasteiger partial charge on any atom is -0.378 e. The Bertz CT molecular complexity index is 544. The molecule has 1 aromatic carbocycles. The summed E-state index contributed by atoms with van der Waals surface area (Å²) in [6.07, 6.45) is 9.03. The minimum absolute atomic E-state index is 0.407. The fourth-order valence-corrected chi connectivity index (χ4v) is 2.79. The van der Waals surface area contributed by atoms with Crippen LogP contribution in [0.1, 0.15) is 25.7 Å². The Kier molecular flexibility index (Phi) is 4.38. The highest BCUT2D eigenvalue weighted by Gasteiger charge is 2.14. The van der Waals surface area contributed by atoms with Gasteiger partial charge in [0.2, 0.25) is 0 Å². The summed E-state index contributed by atoms with van der Waals surface area (Å²) in [6.45, 7) is 1.86. The molecular weight excluding hydrogens is 272 g/mol. The van der Waals surface area contributed by atoms with E-state index < -0.39 is 0 Å². The van der Waals surface area contributed by atoms with Crippen molar-refractivity contribution in [1.82, 2.24) is 9.55 Å². The molecule has 2 heterocycles. The first-order valence-electron chi connectivity index (χ1n) is 7.21. The van der Waals surface area contributed by atoms with Crippen molar-refractivity contribution < 1.29 is 4.74 Å². The molecule has 4 heteroatoms. The Labute approximate surface area is 124 Å². The second kappa shape index (κ2) is 6.42. The van der Waals surface area contributed by atoms with Gasteiger partial charge in [-0.25, -0.2) is 4.98 Å². The normalized spacial score (nSPS) is 19.1. The first-order valence-corrected chi connectivity index (χ1v) is 7.59. The maximum atomic E-state index is 5.93. The molecule has 0 spiro atoms. The Morgan fingerprint density at radius 1 is 1.25 bits per heavy atom. The second-order valence-corrected chi connectivity index (χ2v) is 5.66. The van der Waals surface area contributed by atoms with Crippen LogP contribution in [0.15, 0.2) is 36.7 Å². The number of imidazole rings is 1. The van der Waals surface area contributed by atoms with E-state index in [2.05, 4.69) is 9.55 Å². The molecule has 0 aliphatic carbocycles. The van der Waals surface area contributed by atoms with Crippen LogP contribution in [0.2, 0.25) is 5.02 Å². The van der Waals surface area contributed by atoms with E-state index in [0.717, 1.165) is 36.0 Å². The average molecular weight is 291 g/mol. The van der Waals surface area contributed by atoms with Crippen LogP contribution >= 0.6 is 11.6 Å². The van der Waals surface area contributed by atoms with E-state index in [4.69, 9.17) is 16.3 Å². The SMILES string of the molecule is Clc1ccc(-c2nccn2CCC2CCCCO2)cc1. The van der Waals surface area contributed by atoms with Gasteiger partial charge in [-0.05, 0) is 49.9 Å². The summed E-state index contributed by atoms with van der Waals surface area (Å²) in [4.78, 5) is 4.46. The van der Waals surface area contributed by atoms with Crippen LogP contribution in [0, 0.1) is 0 Å². The zero-order valence-electron chi connectivity index (χ0n) is 11.5. The molecule has 3 rings (SSSR count). The monoisotopic (exact) mass is 290 g/mol. The smallest absolute Gasteiger partial charge is 0.139 e. The molecule has 106 valence electrons. The third-order valence-corrected chi connectivity index (χ3v) is 4.04. The third kappa shape index (κ3) is 3.22. The van der Waals surface area contributed by atoms with Gasteiger partial charge in [0, 0.05) is 36.1 Å². The fourth-order valence-electron chi connectivity index (χ4n) is 2.67. The molecule has 0 radical (unpaired) electrons.